The summed E-state index contributed by atoms with van der Waals surface area (Å²) in [7, 11) is 0. The van der Waals surface area contributed by atoms with E-state index < -0.39 is 0 Å². The smallest absolute Gasteiger partial charge is 0.255 e. The van der Waals surface area contributed by atoms with Gasteiger partial charge in [0.1, 0.15) is 5.01 Å². The molecule has 16 heavy (non-hydrogen) atoms. The summed E-state index contributed by atoms with van der Waals surface area (Å²) in [5.41, 5.74) is 1.54. The third kappa shape index (κ3) is 1.42. The second-order valence-electron chi connectivity index (χ2n) is 3.25. The average molecular weight is 229 g/mol. The van der Waals surface area contributed by atoms with Crippen LogP contribution in [0, 0.1) is 0 Å². The summed E-state index contributed by atoms with van der Waals surface area (Å²) < 4.78 is 1.30. The van der Waals surface area contributed by atoms with Gasteiger partial charge in [-0.15, -0.1) is 0 Å². The van der Waals surface area contributed by atoms with Crippen LogP contribution >= 0.6 is 11.3 Å². The van der Waals surface area contributed by atoms with Crippen molar-refractivity contribution in [2.45, 2.75) is 0 Å². The fourth-order valence-electron chi connectivity index (χ4n) is 1.48. The first kappa shape index (κ1) is 9.23. The van der Waals surface area contributed by atoms with Crippen LogP contribution in [0.3, 0.4) is 0 Å². The van der Waals surface area contributed by atoms with Crippen LogP contribution in [0.25, 0.3) is 16.2 Å². The van der Waals surface area contributed by atoms with E-state index >= 15 is 0 Å². The third-order valence-electron chi connectivity index (χ3n) is 2.22. The zero-order valence-electron chi connectivity index (χ0n) is 8.20. The molecule has 0 fully saturated rings. The summed E-state index contributed by atoms with van der Waals surface area (Å²) in [5, 5.41) is 4.63. The first-order valence-corrected chi connectivity index (χ1v) is 5.56. The third-order valence-corrected chi connectivity index (χ3v) is 3.08. The number of rotatable bonds is 1. The Morgan fingerprint density at radius 1 is 1.12 bits per heavy atom. The van der Waals surface area contributed by atoms with Crippen LogP contribution in [0.5, 0.6) is 0 Å². The Bertz CT molecular complexity index is 687. The summed E-state index contributed by atoms with van der Waals surface area (Å²) >= 11 is 1.10. The van der Waals surface area contributed by atoms with E-state index in [0.29, 0.717) is 5.65 Å². The highest BCUT2D eigenvalue weighted by Crippen LogP contribution is 2.18. The van der Waals surface area contributed by atoms with Crippen LogP contribution in [0.2, 0.25) is 0 Å². The van der Waals surface area contributed by atoms with Gasteiger partial charge in [-0.05, 0) is 0 Å². The Kier molecular flexibility index (Phi) is 2.04. The Balaban J connectivity index is 2.30. The van der Waals surface area contributed by atoms with E-state index in [1.807, 2.05) is 30.3 Å². The van der Waals surface area contributed by atoms with Gasteiger partial charge in [-0.2, -0.15) is 9.61 Å². The molecule has 0 saturated heterocycles. The second-order valence-corrected chi connectivity index (χ2v) is 4.19. The van der Waals surface area contributed by atoms with Crippen molar-refractivity contribution < 1.29 is 0 Å². The number of aromatic nitrogens is 3. The number of nitrogens with zero attached hydrogens (tertiary/aromatic N) is 3. The molecule has 0 unspecified atom stereocenters. The van der Waals surface area contributed by atoms with Crippen molar-refractivity contribution in [2.24, 2.45) is 0 Å². The van der Waals surface area contributed by atoms with Gasteiger partial charge >= 0.3 is 4.87 Å². The van der Waals surface area contributed by atoms with Crippen LogP contribution in [-0.4, -0.2) is 14.6 Å². The van der Waals surface area contributed by atoms with Gasteiger partial charge in [0.05, 0.1) is 6.20 Å². The Labute approximate surface area is 94.8 Å². The lowest BCUT2D eigenvalue weighted by atomic mass is 10.2. The molecule has 0 aliphatic carbocycles. The lowest BCUT2D eigenvalue weighted by Gasteiger charge is -1.98. The number of hydrogen-bond donors (Lipinski definition) is 0. The van der Waals surface area contributed by atoms with E-state index in [-0.39, 0.29) is 4.87 Å². The van der Waals surface area contributed by atoms with Gasteiger partial charge in [0.2, 0.25) is 0 Å². The van der Waals surface area contributed by atoms with Crippen LogP contribution in [0.4, 0.5) is 0 Å². The largest absolute Gasteiger partial charge is 0.331 e. The second kappa shape index (κ2) is 3.53. The molecular weight excluding hydrogens is 222 g/mol. The maximum absolute atomic E-state index is 11.7. The summed E-state index contributed by atoms with van der Waals surface area (Å²) in [4.78, 5) is 16.0. The molecule has 2 aromatic heterocycles. The van der Waals surface area contributed by atoms with Gasteiger partial charge in [-0.1, -0.05) is 41.7 Å². The van der Waals surface area contributed by atoms with Gasteiger partial charge in [0.25, 0.3) is 0 Å². The lowest BCUT2D eigenvalue weighted by Crippen LogP contribution is -2.10. The molecule has 0 aliphatic rings. The van der Waals surface area contributed by atoms with E-state index in [4.69, 9.17) is 0 Å². The molecule has 3 rings (SSSR count). The highest BCUT2D eigenvalue weighted by atomic mass is 32.1. The SMILES string of the molecule is O=c1sc(-c2ccccc2)nc2ccnn12. The average Bonchev–Trinajstić information content (AvgIpc) is 2.79. The molecule has 2 heterocycles. The lowest BCUT2D eigenvalue weighted by molar-refractivity contribution is 0.927. The molecule has 0 amide bonds. The number of benzene rings is 1. The standard InChI is InChI=1S/C11H7N3OS/c15-11-14-9(6-7-12-14)13-10(16-11)8-4-2-1-3-5-8/h1-7H. The number of hydrogen-bond acceptors (Lipinski definition) is 4. The van der Waals surface area contributed by atoms with Gasteiger partial charge < -0.3 is 0 Å². The van der Waals surface area contributed by atoms with Crippen LogP contribution < -0.4 is 4.87 Å². The van der Waals surface area contributed by atoms with Gasteiger partial charge in [0.15, 0.2) is 5.65 Å². The molecule has 1 aromatic carbocycles. The molecule has 0 saturated carbocycles. The minimum Gasteiger partial charge on any atom is -0.255 e. The van der Waals surface area contributed by atoms with Crippen LogP contribution in [0.15, 0.2) is 47.4 Å². The molecular formula is C11H7N3OS. The van der Waals surface area contributed by atoms with Crippen molar-refractivity contribution in [1.29, 1.82) is 0 Å². The first-order valence-electron chi connectivity index (χ1n) is 4.75. The zero-order chi connectivity index (χ0) is 11.0. The van der Waals surface area contributed by atoms with Crippen molar-refractivity contribution in [3.05, 3.63) is 52.3 Å². The fraction of sp³-hybridized carbons (Fsp3) is 0. The van der Waals surface area contributed by atoms with Crippen molar-refractivity contribution >= 4 is 17.0 Å². The predicted molar refractivity (Wildman–Crippen MR) is 62.6 cm³/mol. The molecule has 0 aliphatic heterocycles. The molecule has 0 radical (unpaired) electrons. The van der Waals surface area contributed by atoms with Crippen LogP contribution in [-0.2, 0) is 0 Å². The van der Waals surface area contributed by atoms with Crippen molar-refractivity contribution in [2.75, 3.05) is 0 Å². The Morgan fingerprint density at radius 3 is 2.75 bits per heavy atom. The normalized spacial score (nSPS) is 10.8. The molecule has 0 spiro atoms. The van der Waals surface area contributed by atoms with Crippen molar-refractivity contribution in [1.82, 2.24) is 14.6 Å². The van der Waals surface area contributed by atoms with E-state index in [9.17, 15) is 4.79 Å². The van der Waals surface area contributed by atoms with Gasteiger partial charge in [-0.25, -0.2) is 4.98 Å². The van der Waals surface area contributed by atoms with Crippen molar-refractivity contribution in [3.8, 4) is 10.6 Å². The zero-order valence-corrected chi connectivity index (χ0v) is 9.02. The van der Waals surface area contributed by atoms with E-state index in [0.717, 1.165) is 21.9 Å². The Hall–Kier alpha value is -2.01. The molecule has 0 atom stereocenters. The van der Waals surface area contributed by atoms with E-state index in [2.05, 4.69) is 10.1 Å². The topological polar surface area (TPSA) is 47.3 Å². The van der Waals surface area contributed by atoms with Gasteiger partial charge in [-0.3, -0.25) is 4.79 Å². The molecule has 78 valence electrons. The summed E-state index contributed by atoms with van der Waals surface area (Å²) in [5.74, 6) is 0. The molecule has 5 heteroatoms. The fourth-order valence-corrected chi connectivity index (χ4v) is 2.26. The maximum atomic E-state index is 11.7. The van der Waals surface area contributed by atoms with E-state index in [1.165, 1.54) is 4.52 Å². The summed E-state index contributed by atoms with van der Waals surface area (Å²) in [6, 6.07) is 11.4. The van der Waals surface area contributed by atoms with Gasteiger partial charge in [0, 0.05) is 11.6 Å². The summed E-state index contributed by atoms with van der Waals surface area (Å²) in [6.45, 7) is 0. The first-order chi connectivity index (χ1) is 7.84. The predicted octanol–water partition coefficient (Wildman–Crippen LogP) is 1.82. The number of fused-ring (bicyclic) bond motifs is 1. The molecule has 4 nitrogen and oxygen atoms in total. The minimum atomic E-state index is -0.117. The Morgan fingerprint density at radius 2 is 1.94 bits per heavy atom. The maximum Gasteiger partial charge on any atom is 0.331 e. The molecule has 3 aromatic rings. The van der Waals surface area contributed by atoms with Crippen LogP contribution in [0.1, 0.15) is 0 Å². The monoisotopic (exact) mass is 229 g/mol. The quantitative estimate of drug-likeness (QED) is 0.639. The van der Waals surface area contributed by atoms with E-state index in [1.54, 1.807) is 12.3 Å². The summed E-state index contributed by atoms with van der Waals surface area (Å²) in [6.07, 6.45) is 1.57. The van der Waals surface area contributed by atoms with Crippen molar-refractivity contribution in [3.63, 3.8) is 0 Å². The highest BCUT2D eigenvalue weighted by molar-refractivity contribution is 7.12. The minimum absolute atomic E-state index is 0.117. The highest BCUT2D eigenvalue weighted by Gasteiger charge is 2.05. The molecule has 0 bridgehead atoms. The molecule has 0 N–H and O–H groups in total.